The standard InChI is InChI=1S/C14H19BrN2OS/c1-3-11(4-2)17-7-5-10(16-17)9-13(18)14-12(15)6-8-19-14/h5-8,11,13,18H,3-4,9H2,1-2H3. The van der Waals surface area contributed by atoms with Crippen LogP contribution in [-0.4, -0.2) is 14.9 Å². The molecule has 0 bridgehead atoms. The molecular weight excluding hydrogens is 324 g/mol. The first-order chi connectivity index (χ1) is 9.15. The second-order valence-corrected chi connectivity index (χ2v) is 6.41. The van der Waals surface area contributed by atoms with Crippen molar-refractivity contribution in [3.63, 3.8) is 0 Å². The number of hydrogen-bond donors (Lipinski definition) is 1. The monoisotopic (exact) mass is 342 g/mol. The zero-order chi connectivity index (χ0) is 13.8. The van der Waals surface area contributed by atoms with E-state index in [1.165, 1.54) is 0 Å². The third-order valence-electron chi connectivity index (χ3n) is 3.33. The number of aromatic nitrogens is 2. The summed E-state index contributed by atoms with van der Waals surface area (Å²) in [7, 11) is 0. The summed E-state index contributed by atoms with van der Waals surface area (Å²) in [6.45, 7) is 4.35. The molecule has 0 aromatic carbocycles. The number of halogens is 1. The van der Waals surface area contributed by atoms with Crippen LogP contribution in [0.25, 0.3) is 0 Å². The quantitative estimate of drug-likeness (QED) is 0.847. The molecule has 1 atom stereocenters. The smallest absolute Gasteiger partial charge is 0.0949 e. The summed E-state index contributed by atoms with van der Waals surface area (Å²) in [4.78, 5) is 0.970. The molecule has 0 saturated carbocycles. The van der Waals surface area contributed by atoms with Gasteiger partial charge in [-0.3, -0.25) is 4.68 Å². The van der Waals surface area contributed by atoms with Crippen molar-refractivity contribution in [2.24, 2.45) is 0 Å². The molecular formula is C14H19BrN2OS. The molecule has 19 heavy (non-hydrogen) atoms. The van der Waals surface area contributed by atoms with Crippen molar-refractivity contribution in [2.45, 2.75) is 45.3 Å². The van der Waals surface area contributed by atoms with E-state index in [9.17, 15) is 5.11 Å². The molecule has 2 aromatic heterocycles. The van der Waals surface area contributed by atoms with Gasteiger partial charge in [0, 0.05) is 22.0 Å². The highest BCUT2D eigenvalue weighted by atomic mass is 79.9. The second-order valence-electron chi connectivity index (χ2n) is 4.61. The maximum absolute atomic E-state index is 10.2. The van der Waals surface area contributed by atoms with Gasteiger partial charge in [-0.1, -0.05) is 13.8 Å². The number of thiophene rings is 1. The molecule has 1 unspecified atom stereocenters. The maximum Gasteiger partial charge on any atom is 0.0949 e. The highest BCUT2D eigenvalue weighted by molar-refractivity contribution is 9.10. The van der Waals surface area contributed by atoms with Gasteiger partial charge in [-0.15, -0.1) is 11.3 Å². The Bertz CT molecular complexity index is 519. The van der Waals surface area contributed by atoms with Crippen molar-refractivity contribution >= 4 is 27.3 Å². The van der Waals surface area contributed by atoms with Gasteiger partial charge < -0.3 is 5.11 Å². The molecule has 0 spiro atoms. The highest BCUT2D eigenvalue weighted by Gasteiger charge is 2.16. The van der Waals surface area contributed by atoms with Gasteiger partial charge in [0.2, 0.25) is 0 Å². The van der Waals surface area contributed by atoms with Gasteiger partial charge in [0.25, 0.3) is 0 Å². The fourth-order valence-corrected chi connectivity index (χ4v) is 3.81. The molecule has 5 heteroatoms. The van der Waals surface area contributed by atoms with Crippen molar-refractivity contribution in [3.8, 4) is 0 Å². The van der Waals surface area contributed by atoms with Crippen LogP contribution in [0.15, 0.2) is 28.2 Å². The Labute approximate surface area is 126 Å². The van der Waals surface area contributed by atoms with Gasteiger partial charge in [-0.05, 0) is 46.3 Å². The largest absolute Gasteiger partial charge is 0.387 e. The van der Waals surface area contributed by atoms with Crippen molar-refractivity contribution in [1.29, 1.82) is 0 Å². The van der Waals surface area contributed by atoms with Gasteiger partial charge in [0.1, 0.15) is 0 Å². The number of nitrogens with zero attached hydrogens (tertiary/aromatic N) is 2. The molecule has 2 aromatic rings. The minimum Gasteiger partial charge on any atom is -0.387 e. The van der Waals surface area contributed by atoms with Crippen LogP contribution in [0.4, 0.5) is 0 Å². The lowest BCUT2D eigenvalue weighted by Crippen LogP contribution is -2.08. The Morgan fingerprint density at radius 3 is 2.68 bits per heavy atom. The van der Waals surface area contributed by atoms with Crippen LogP contribution in [0.2, 0.25) is 0 Å². The molecule has 0 radical (unpaired) electrons. The van der Waals surface area contributed by atoms with Gasteiger partial charge in [0.05, 0.1) is 17.8 Å². The van der Waals surface area contributed by atoms with Crippen LogP contribution < -0.4 is 0 Å². The summed E-state index contributed by atoms with van der Waals surface area (Å²) in [5.74, 6) is 0. The SMILES string of the molecule is CCC(CC)n1ccc(CC(O)c2sccc2Br)n1. The molecule has 2 rings (SSSR count). The molecule has 104 valence electrons. The molecule has 0 amide bonds. The summed E-state index contributed by atoms with van der Waals surface area (Å²) in [6, 6.07) is 4.43. The van der Waals surface area contributed by atoms with E-state index >= 15 is 0 Å². The number of hydrogen-bond acceptors (Lipinski definition) is 3. The summed E-state index contributed by atoms with van der Waals surface area (Å²) in [6.07, 6.45) is 4.25. The summed E-state index contributed by atoms with van der Waals surface area (Å²) in [5, 5.41) is 16.8. The third kappa shape index (κ3) is 3.46. The van der Waals surface area contributed by atoms with E-state index in [0.29, 0.717) is 12.5 Å². The average Bonchev–Trinajstić information content (AvgIpc) is 3.00. The van der Waals surface area contributed by atoms with Gasteiger partial charge in [-0.2, -0.15) is 5.10 Å². The fourth-order valence-electron chi connectivity index (χ4n) is 2.19. The number of aliphatic hydroxyl groups excluding tert-OH is 1. The predicted molar refractivity (Wildman–Crippen MR) is 82.5 cm³/mol. The molecule has 0 aliphatic heterocycles. The minimum absolute atomic E-state index is 0.458. The zero-order valence-electron chi connectivity index (χ0n) is 11.2. The Balaban J connectivity index is 2.06. The maximum atomic E-state index is 10.2. The summed E-state index contributed by atoms with van der Waals surface area (Å²) in [5.41, 5.74) is 0.944. The molecule has 1 N–H and O–H groups in total. The fraction of sp³-hybridized carbons (Fsp3) is 0.500. The Kier molecular flexibility index (Phi) is 5.19. The molecule has 0 saturated heterocycles. The van der Waals surface area contributed by atoms with Crippen molar-refractivity contribution in [3.05, 3.63) is 38.8 Å². The summed E-state index contributed by atoms with van der Waals surface area (Å²) >= 11 is 5.02. The molecule has 3 nitrogen and oxygen atoms in total. The van der Waals surface area contributed by atoms with E-state index in [2.05, 4.69) is 34.9 Å². The van der Waals surface area contributed by atoms with Gasteiger partial charge in [0.15, 0.2) is 0 Å². The topological polar surface area (TPSA) is 38.0 Å². The van der Waals surface area contributed by atoms with Crippen LogP contribution in [0.3, 0.4) is 0 Å². The molecule has 2 heterocycles. The lowest BCUT2D eigenvalue weighted by molar-refractivity contribution is 0.180. The van der Waals surface area contributed by atoms with Crippen LogP contribution in [-0.2, 0) is 6.42 Å². The van der Waals surface area contributed by atoms with E-state index in [4.69, 9.17) is 0 Å². The Morgan fingerprint density at radius 1 is 1.37 bits per heavy atom. The Hall–Kier alpha value is -0.650. The third-order valence-corrected chi connectivity index (χ3v) is 5.30. The molecule has 0 fully saturated rings. The lowest BCUT2D eigenvalue weighted by atomic mass is 10.2. The van der Waals surface area contributed by atoms with E-state index < -0.39 is 6.10 Å². The first-order valence-corrected chi connectivity index (χ1v) is 8.27. The Morgan fingerprint density at radius 2 is 2.11 bits per heavy atom. The second kappa shape index (κ2) is 6.68. The van der Waals surface area contributed by atoms with Gasteiger partial charge in [-0.25, -0.2) is 0 Å². The highest BCUT2D eigenvalue weighted by Crippen LogP contribution is 2.30. The average molecular weight is 343 g/mol. The number of rotatable bonds is 6. The van der Waals surface area contributed by atoms with Crippen LogP contribution >= 0.6 is 27.3 Å². The minimum atomic E-state index is -0.487. The van der Waals surface area contributed by atoms with E-state index in [0.717, 1.165) is 27.9 Å². The van der Waals surface area contributed by atoms with Crippen molar-refractivity contribution in [2.75, 3.05) is 0 Å². The van der Waals surface area contributed by atoms with Gasteiger partial charge >= 0.3 is 0 Å². The zero-order valence-corrected chi connectivity index (χ0v) is 13.6. The van der Waals surface area contributed by atoms with Crippen molar-refractivity contribution in [1.82, 2.24) is 9.78 Å². The molecule has 0 aliphatic carbocycles. The van der Waals surface area contributed by atoms with Crippen molar-refractivity contribution < 1.29 is 5.11 Å². The van der Waals surface area contributed by atoms with E-state index in [1.54, 1.807) is 11.3 Å². The van der Waals surface area contributed by atoms with Crippen LogP contribution in [0.5, 0.6) is 0 Å². The number of aliphatic hydroxyl groups is 1. The first kappa shape index (κ1) is 14.8. The van der Waals surface area contributed by atoms with Crippen LogP contribution in [0, 0.1) is 0 Å². The molecule has 0 aliphatic rings. The summed E-state index contributed by atoms with van der Waals surface area (Å²) < 4.78 is 3.00. The predicted octanol–water partition coefficient (Wildman–Crippen LogP) is 4.34. The van der Waals surface area contributed by atoms with E-state index in [1.807, 2.05) is 28.4 Å². The first-order valence-electron chi connectivity index (χ1n) is 6.60. The van der Waals surface area contributed by atoms with E-state index in [-0.39, 0.29) is 0 Å². The normalized spacial score (nSPS) is 13.1. The van der Waals surface area contributed by atoms with Crippen LogP contribution in [0.1, 0.15) is 49.4 Å². The lowest BCUT2D eigenvalue weighted by Gasteiger charge is -2.12.